The van der Waals surface area contributed by atoms with Gasteiger partial charge in [-0.1, -0.05) is 28.1 Å². The molecule has 1 spiro atoms. The Labute approximate surface area is 147 Å². The molecule has 122 valence electrons. The number of nitrogens with one attached hydrogen (secondary N) is 1. The summed E-state index contributed by atoms with van der Waals surface area (Å²) in [6, 6.07) is 6.80. The maximum absolute atomic E-state index is 13.0. The molecule has 2 bridgehead atoms. The summed E-state index contributed by atoms with van der Waals surface area (Å²) < 4.78 is 0.861. The fourth-order valence-electron chi connectivity index (χ4n) is 5.49. The Kier molecular flexibility index (Phi) is 2.62. The summed E-state index contributed by atoms with van der Waals surface area (Å²) >= 11 is 3.32. The third-order valence-electron chi connectivity index (χ3n) is 6.43. The highest BCUT2D eigenvalue weighted by Gasteiger charge is 2.91. The van der Waals surface area contributed by atoms with Gasteiger partial charge in [0.25, 0.3) is 17.7 Å². The van der Waals surface area contributed by atoms with Gasteiger partial charge in [0, 0.05) is 15.5 Å². The molecule has 3 fully saturated rings. The van der Waals surface area contributed by atoms with Crippen LogP contribution < -0.4 is 5.43 Å². The molecule has 2 saturated carbocycles. The SMILES string of the molecule is O=C(NN1C(=O)[C@H]2C34CC=CC(CC3)[C@@]24C1=O)c1ccc(Br)cc1. The van der Waals surface area contributed by atoms with Crippen molar-refractivity contribution < 1.29 is 14.4 Å². The molecular weight excluding hydrogens is 372 g/mol. The van der Waals surface area contributed by atoms with Gasteiger partial charge >= 0.3 is 0 Å². The fraction of sp³-hybridized carbons (Fsp3) is 0.389. The van der Waals surface area contributed by atoms with Gasteiger partial charge in [0.2, 0.25) is 0 Å². The largest absolute Gasteiger partial charge is 0.272 e. The smallest absolute Gasteiger partial charge is 0.270 e. The number of carbonyl (C=O) groups is 3. The first-order valence-electron chi connectivity index (χ1n) is 8.14. The monoisotopic (exact) mass is 386 g/mol. The quantitative estimate of drug-likeness (QED) is 0.626. The number of piperidine rings is 1. The van der Waals surface area contributed by atoms with Crippen molar-refractivity contribution in [3.05, 3.63) is 46.5 Å². The zero-order valence-corrected chi connectivity index (χ0v) is 14.4. The molecule has 5 rings (SSSR count). The van der Waals surface area contributed by atoms with Gasteiger partial charge in [-0.25, -0.2) is 0 Å². The first-order chi connectivity index (χ1) is 11.5. The van der Waals surface area contributed by atoms with Crippen molar-refractivity contribution >= 4 is 33.7 Å². The first-order valence-corrected chi connectivity index (χ1v) is 8.93. The molecular formula is C18H15BrN2O3. The second kappa shape index (κ2) is 4.36. The van der Waals surface area contributed by atoms with Crippen LogP contribution in [-0.4, -0.2) is 22.7 Å². The number of imide groups is 1. The number of amides is 3. The molecule has 1 aliphatic heterocycles. The summed E-state index contributed by atoms with van der Waals surface area (Å²) in [5.74, 6) is -0.998. The lowest BCUT2D eigenvalue weighted by Crippen LogP contribution is -2.51. The highest BCUT2D eigenvalue weighted by atomic mass is 79.9. The maximum Gasteiger partial charge on any atom is 0.270 e. The van der Waals surface area contributed by atoms with E-state index in [9.17, 15) is 14.4 Å². The van der Waals surface area contributed by atoms with E-state index in [2.05, 4.69) is 33.5 Å². The van der Waals surface area contributed by atoms with Crippen molar-refractivity contribution in [1.82, 2.24) is 10.4 Å². The van der Waals surface area contributed by atoms with E-state index in [4.69, 9.17) is 0 Å². The number of benzene rings is 1. The van der Waals surface area contributed by atoms with E-state index in [-0.39, 0.29) is 29.1 Å². The van der Waals surface area contributed by atoms with Crippen molar-refractivity contribution in [3.63, 3.8) is 0 Å². The van der Waals surface area contributed by atoms with E-state index >= 15 is 0 Å². The number of halogens is 1. The van der Waals surface area contributed by atoms with Crippen molar-refractivity contribution in [2.24, 2.45) is 22.7 Å². The third kappa shape index (κ3) is 1.40. The Morgan fingerprint density at radius 1 is 1.25 bits per heavy atom. The molecule has 1 aromatic rings. The summed E-state index contributed by atoms with van der Waals surface area (Å²) in [5, 5.41) is 0.977. The summed E-state index contributed by atoms with van der Waals surface area (Å²) in [4.78, 5) is 38.2. The number of hydrazine groups is 1. The van der Waals surface area contributed by atoms with Crippen LogP contribution in [0.2, 0.25) is 0 Å². The second-order valence-corrected chi connectivity index (χ2v) is 8.08. The van der Waals surface area contributed by atoms with Crippen molar-refractivity contribution in [3.8, 4) is 0 Å². The highest BCUT2D eigenvalue weighted by Crippen LogP contribution is 2.85. The molecule has 0 radical (unpaired) electrons. The summed E-state index contributed by atoms with van der Waals surface area (Å²) in [5.41, 5.74) is 2.19. The predicted molar refractivity (Wildman–Crippen MR) is 88.3 cm³/mol. The lowest BCUT2D eigenvalue weighted by molar-refractivity contribution is -0.148. The Hall–Kier alpha value is -1.95. The normalized spacial score (nSPS) is 38.1. The van der Waals surface area contributed by atoms with Gasteiger partial charge in [-0.05, 0) is 49.4 Å². The fourth-order valence-corrected chi connectivity index (χ4v) is 5.75. The maximum atomic E-state index is 13.0. The van der Waals surface area contributed by atoms with Crippen LogP contribution >= 0.6 is 15.9 Å². The Bertz CT molecular complexity index is 833. The lowest BCUT2D eigenvalue weighted by Gasteiger charge is -2.28. The molecule has 1 N–H and O–H groups in total. The predicted octanol–water partition coefficient (Wildman–Crippen LogP) is 2.44. The molecule has 1 aromatic carbocycles. The number of hydrogen-bond donors (Lipinski definition) is 1. The molecule has 1 saturated heterocycles. The molecule has 6 heteroatoms. The molecule has 4 atom stereocenters. The number of carbonyl (C=O) groups excluding carboxylic acids is 3. The molecule has 3 amide bonds. The minimum atomic E-state index is -0.578. The van der Waals surface area contributed by atoms with Gasteiger partial charge in [-0.15, -0.1) is 0 Å². The van der Waals surface area contributed by atoms with Crippen LogP contribution in [0.15, 0.2) is 40.9 Å². The van der Waals surface area contributed by atoms with Gasteiger partial charge in [0.1, 0.15) is 0 Å². The van der Waals surface area contributed by atoms with Crippen LogP contribution in [0.1, 0.15) is 29.6 Å². The molecule has 24 heavy (non-hydrogen) atoms. The second-order valence-electron chi connectivity index (χ2n) is 7.16. The molecule has 4 aliphatic rings. The van der Waals surface area contributed by atoms with Crippen LogP contribution in [0.3, 0.4) is 0 Å². The molecule has 3 aliphatic carbocycles. The van der Waals surface area contributed by atoms with E-state index < -0.39 is 11.3 Å². The van der Waals surface area contributed by atoms with Crippen molar-refractivity contribution in [2.45, 2.75) is 19.3 Å². The average molecular weight is 387 g/mol. The number of allylic oxidation sites excluding steroid dienone is 2. The summed E-state index contributed by atoms with van der Waals surface area (Å²) in [7, 11) is 0. The summed E-state index contributed by atoms with van der Waals surface area (Å²) in [6.07, 6.45) is 6.91. The highest BCUT2D eigenvalue weighted by molar-refractivity contribution is 9.10. The van der Waals surface area contributed by atoms with E-state index in [1.165, 1.54) is 0 Å². The van der Waals surface area contributed by atoms with Crippen molar-refractivity contribution in [1.29, 1.82) is 0 Å². The average Bonchev–Trinajstić information content (AvgIpc) is 3.10. The topological polar surface area (TPSA) is 66.5 Å². The Balaban J connectivity index is 1.43. The van der Waals surface area contributed by atoms with Crippen LogP contribution in [0.5, 0.6) is 0 Å². The minimum Gasteiger partial charge on any atom is -0.272 e. The summed E-state index contributed by atoms with van der Waals surface area (Å²) in [6.45, 7) is 0. The van der Waals surface area contributed by atoms with Crippen LogP contribution in [0.25, 0.3) is 0 Å². The minimum absolute atomic E-state index is 0.141. The number of hydrogen-bond acceptors (Lipinski definition) is 3. The molecule has 5 nitrogen and oxygen atoms in total. The molecule has 2 unspecified atom stereocenters. The first kappa shape index (κ1) is 14.4. The van der Waals surface area contributed by atoms with Gasteiger partial charge in [0.05, 0.1) is 11.3 Å². The van der Waals surface area contributed by atoms with E-state index in [0.29, 0.717) is 5.56 Å². The molecule has 0 aromatic heterocycles. The standard InChI is InChI=1S/C18H15BrN2O3/c19-12-5-3-10(4-6-12)14(22)20-21-15(23)13-17-8-1-2-11(7-9-17)18(13,17)16(21)24/h1-6,11,13H,7-9H2,(H,20,22)/t11?,13-,17?,18-/m0/s1. The van der Waals surface area contributed by atoms with Crippen molar-refractivity contribution in [2.75, 3.05) is 0 Å². The van der Waals surface area contributed by atoms with Gasteiger partial charge in [-0.2, -0.15) is 5.01 Å². The Morgan fingerprint density at radius 2 is 2.00 bits per heavy atom. The number of nitrogens with zero attached hydrogens (tertiary/aromatic N) is 1. The zero-order chi connectivity index (χ0) is 16.7. The molecule has 1 heterocycles. The third-order valence-corrected chi connectivity index (χ3v) is 6.96. The van der Waals surface area contributed by atoms with E-state index in [0.717, 1.165) is 28.7 Å². The van der Waals surface area contributed by atoms with Gasteiger partial charge in [0.15, 0.2) is 0 Å². The van der Waals surface area contributed by atoms with Gasteiger partial charge < -0.3 is 0 Å². The van der Waals surface area contributed by atoms with E-state index in [1.54, 1.807) is 24.3 Å². The Morgan fingerprint density at radius 3 is 2.75 bits per heavy atom. The number of rotatable bonds is 2. The van der Waals surface area contributed by atoms with Crippen LogP contribution in [-0.2, 0) is 9.59 Å². The van der Waals surface area contributed by atoms with E-state index in [1.807, 2.05) is 0 Å². The zero-order valence-electron chi connectivity index (χ0n) is 12.8. The lowest BCUT2D eigenvalue weighted by atomic mass is 9.82. The van der Waals surface area contributed by atoms with Gasteiger partial charge in [-0.3, -0.25) is 19.8 Å². The van der Waals surface area contributed by atoms with Crippen LogP contribution in [0.4, 0.5) is 0 Å². The van der Waals surface area contributed by atoms with Crippen LogP contribution in [0, 0.1) is 22.7 Å².